The molecule has 0 aliphatic rings. The van der Waals surface area contributed by atoms with E-state index in [1.165, 1.54) is 23.1 Å². The first-order valence-corrected chi connectivity index (χ1v) is 15.9. The van der Waals surface area contributed by atoms with E-state index in [0.29, 0.717) is 27.0 Å². The summed E-state index contributed by atoms with van der Waals surface area (Å²) in [5.74, 6) is -1.13. The van der Waals surface area contributed by atoms with Gasteiger partial charge in [0.1, 0.15) is 10.9 Å². The van der Waals surface area contributed by atoms with Gasteiger partial charge in [-0.05, 0) is 88.6 Å². The van der Waals surface area contributed by atoms with Crippen LogP contribution in [-0.4, -0.2) is 17.7 Å². The zero-order valence-electron chi connectivity index (χ0n) is 23.0. The third-order valence-electron chi connectivity index (χ3n) is 6.28. The van der Waals surface area contributed by atoms with Crippen molar-refractivity contribution in [1.82, 2.24) is 5.32 Å². The summed E-state index contributed by atoms with van der Waals surface area (Å²) in [6.07, 6.45) is 1.63. The highest BCUT2D eigenvalue weighted by molar-refractivity contribution is 8.00. The average molecular weight is 659 g/mol. The number of amides is 3. The van der Waals surface area contributed by atoms with Crippen molar-refractivity contribution in [2.45, 2.75) is 10.1 Å². The predicted octanol–water partition coefficient (Wildman–Crippen LogP) is 8.94. The lowest BCUT2D eigenvalue weighted by atomic mass is 10.1. The molecule has 5 rings (SSSR count). The molecule has 44 heavy (non-hydrogen) atoms. The summed E-state index contributed by atoms with van der Waals surface area (Å²) < 4.78 is 0. The van der Waals surface area contributed by atoms with Gasteiger partial charge in [-0.3, -0.25) is 14.4 Å². The maximum absolute atomic E-state index is 13.5. The summed E-state index contributed by atoms with van der Waals surface area (Å²) in [5.41, 5.74) is 3.10. The van der Waals surface area contributed by atoms with E-state index in [2.05, 4.69) is 16.0 Å². The summed E-state index contributed by atoms with van der Waals surface area (Å²) in [6, 6.07) is 32.0. The van der Waals surface area contributed by atoms with Gasteiger partial charge in [-0.1, -0.05) is 71.7 Å². The molecule has 1 unspecified atom stereocenters. The van der Waals surface area contributed by atoms with Crippen molar-refractivity contribution in [2.24, 2.45) is 0 Å². The van der Waals surface area contributed by atoms with Crippen LogP contribution in [0.2, 0.25) is 10.0 Å². The van der Waals surface area contributed by atoms with Gasteiger partial charge in [0.05, 0.1) is 10.7 Å². The number of hydrogen-bond acceptors (Lipinski definition) is 5. The van der Waals surface area contributed by atoms with Gasteiger partial charge in [-0.25, -0.2) is 0 Å². The minimum absolute atomic E-state index is 0.108. The molecule has 3 amide bonds. The molecule has 0 fully saturated rings. The van der Waals surface area contributed by atoms with Gasteiger partial charge >= 0.3 is 0 Å². The first kappa shape index (κ1) is 31.1. The summed E-state index contributed by atoms with van der Waals surface area (Å²) in [6.45, 7) is 0. The van der Waals surface area contributed by atoms with Crippen molar-refractivity contribution in [3.05, 3.63) is 152 Å². The van der Waals surface area contributed by atoms with Crippen LogP contribution >= 0.6 is 46.3 Å². The second-order valence-corrected chi connectivity index (χ2v) is 12.2. The second-order valence-electron chi connectivity index (χ2n) is 9.44. The number of nitrogens with one attached hydrogen (secondary N) is 3. The second kappa shape index (κ2) is 14.9. The number of rotatable bonds is 10. The summed E-state index contributed by atoms with van der Waals surface area (Å²) in [7, 11) is 0. The van der Waals surface area contributed by atoms with Crippen molar-refractivity contribution in [3.8, 4) is 0 Å². The average Bonchev–Trinajstić information content (AvgIpc) is 3.56. The Morgan fingerprint density at radius 2 is 1.50 bits per heavy atom. The molecule has 0 aliphatic carbocycles. The molecule has 0 bridgehead atoms. The lowest BCUT2D eigenvalue weighted by Crippen LogP contribution is -2.30. The van der Waals surface area contributed by atoms with Gasteiger partial charge in [0.15, 0.2) is 0 Å². The molecule has 220 valence electrons. The fourth-order valence-electron chi connectivity index (χ4n) is 4.11. The molecule has 0 spiro atoms. The van der Waals surface area contributed by atoms with Crippen molar-refractivity contribution in [1.29, 1.82) is 0 Å². The zero-order valence-corrected chi connectivity index (χ0v) is 26.1. The number of carbonyl (C=O) groups excluding carboxylic acids is 3. The van der Waals surface area contributed by atoms with Gasteiger partial charge < -0.3 is 16.0 Å². The summed E-state index contributed by atoms with van der Waals surface area (Å²) in [5, 5.41) is 12.5. The molecule has 5 aromatic rings. The largest absolute Gasteiger partial charge is 0.323 e. The number of thiophene rings is 1. The molecular weight excluding hydrogens is 633 g/mol. The first-order chi connectivity index (χ1) is 21.4. The third kappa shape index (κ3) is 8.39. The Morgan fingerprint density at radius 3 is 2.18 bits per heavy atom. The van der Waals surface area contributed by atoms with E-state index in [1.54, 1.807) is 60.7 Å². The molecule has 1 aromatic heterocycles. The van der Waals surface area contributed by atoms with Gasteiger partial charge in [0.2, 0.25) is 5.91 Å². The fraction of sp³-hybridized carbons (Fsp3) is 0.0294. The minimum atomic E-state index is -0.597. The molecule has 1 heterocycles. The van der Waals surface area contributed by atoms with Crippen LogP contribution in [0.4, 0.5) is 11.4 Å². The normalized spacial score (nSPS) is 11.8. The molecule has 0 radical (unpaired) electrons. The van der Waals surface area contributed by atoms with Crippen molar-refractivity contribution < 1.29 is 14.4 Å². The van der Waals surface area contributed by atoms with Crippen LogP contribution in [0.3, 0.4) is 0 Å². The highest BCUT2D eigenvalue weighted by atomic mass is 35.5. The zero-order chi connectivity index (χ0) is 30.9. The van der Waals surface area contributed by atoms with Crippen molar-refractivity contribution in [2.75, 3.05) is 10.6 Å². The lowest BCUT2D eigenvalue weighted by Gasteiger charge is -2.18. The summed E-state index contributed by atoms with van der Waals surface area (Å²) >= 11 is 15.2. The van der Waals surface area contributed by atoms with Gasteiger partial charge in [-0.2, -0.15) is 11.3 Å². The van der Waals surface area contributed by atoms with Crippen LogP contribution in [-0.2, 0) is 9.59 Å². The SMILES string of the molecule is O=C(Nc1ccc(SC(C(=O)Nc2cc(Cl)ccc2Cl)c2ccccc2)cc1)/C(=C/c1ccsc1)NC(=O)c1ccccc1. The topological polar surface area (TPSA) is 87.3 Å². The minimum Gasteiger partial charge on any atom is -0.323 e. The number of halogens is 2. The van der Waals surface area contributed by atoms with Gasteiger partial charge in [0.25, 0.3) is 11.8 Å². The van der Waals surface area contributed by atoms with E-state index in [0.717, 1.165) is 16.0 Å². The van der Waals surface area contributed by atoms with Crippen LogP contribution in [0, 0.1) is 0 Å². The van der Waals surface area contributed by atoms with E-state index < -0.39 is 17.1 Å². The molecule has 3 N–H and O–H groups in total. The Labute approximate surface area is 273 Å². The molecule has 6 nitrogen and oxygen atoms in total. The Hall–Kier alpha value is -4.34. The van der Waals surface area contributed by atoms with E-state index in [4.69, 9.17) is 23.2 Å². The Kier molecular flexibility index (Phi) is 10.5. The molecule has 0 aliphatic heterocycles. The van der Waals surface area contributed by atoms with E-state index in [1.807, 2.05) is 65.4 Å². The van der Waals surface area contributed by atoms with Crippen LogP contribution < -0.4 is 16.0 Å². The molecule has 1 atom stereocenters. The number of thioether (sulfide) groups is 1. The number of carbonyl (C=O) groups is 3. The molecule has 4 aromatic carbocycles. The standard InChI is InChI=1S/C34H25Cl2N3O3S2/c35-25-11-16-28(36)29(20-25)38-34(42)31(23-7-3-1-4-8-23)44-27-14-12-26(13-15-27)37-33(41)30(19-22-17-18-43-21-22)39-32(40)24-9-5-2-6-10-24/h1-21,31H,(H,37,41)(H,38,42)(H,39,40)/b30-19-. The van der Waals surface area contributed by atoms with Crippen molar-refractivity contribution in [3.63, 3.8) is 0 Å². The molecular formula is C34H25Cl2N3O3S2. The van der Waals surface area contributed by atoms with Gasteiger partial charge in [0, 0.05) is 21.2 Å². The highest BCUT2D eigenvalue weighted by Crippen LogP contribution is 2.37. The Bertz CT molecular complexity index is 1780. The van der Waals surface area contributed by atoms with Crippen molar-refractivity contribution >= 4 is 81.5 Å². The van der Waals surface area contributed by atoms with Crippen LogP contribution in [0.15, 0.2) is 131 Å². The maximum Gasteiger partial charge on any atom is 0.272 e. The third-order valence-corrected chi connectivity index (χ3v) is 8.81. The number of hydrogen-bond donors (Lipinski definition) is 3. The van der Waals surface area contributed by atoms with Crippen LogP contribution in [0.1, 0.15) is 26.7 Å². The highest BCUT2D eigenvalue weighted by Gasteiger charge is 2.23. The smallest absolute Gasteiger partial charge is 0.272 e. The molecule has 0 saturated carbocycles. The monoisotopic (exact) mass is 657 g/mol. The first-order valence-electron chi connectivity index (χ1n) is 13.3. The van der Waals surface area contributed by atoms with E-state index in [9.17, 15) is 14.4 Å². The number of anilines is 2. The van der Waals surface area contributed by atoms with Crippen LogP contribution in [0.25, 0.3) is 6.08 Å². The van der Waals surface area contributed by atoms with Gasteiger partial charge in [-0.15, -0.1) is 11.8 Å². The maximum atomic E-state index is 13.5. The van der Waals surface area contributed by atoms with E-state index in [-0.39, 0.29) is 11.6 Å². The van der Waals surface area contributed by atoms with Crippen LogP contribution in [0.5, 0.6) is 0 Å². The summed E-state index contributed by atoms with van der Waals surface area (Å²) in [4.78, 5) is 40.4. The number of benzene rings is 4. The Morgan fingerprint density at radius 1 is 0.795 bits per heavy atom. The Balaban J connectivity index is 1.31. The van der Waals surface area contributed by atoms with E-state index >= 15 is 0 Å². The molecule has 10 heteroatoms. The lowest BCUT2D eigenvalue weighted by molar-refractivity contribution is -0.116. The quantitative estimate of drug-likeness (QED) is 0.103. The predicted molar refractivity (Wildman–Crippen MR) is 181 cm³/mol. The molecule has 0 saturated heterocycles. The fourth-order valence-corrected chi connectivity index (χ4v) is 6.09.